The molecule has 0 radical (unpaired) electrons. The predicted molar refractivity (Wildman–Crippen MR) is 232 cm³/mol. The second kappa shape index (κ2) is 33.0. The highest BCUT2D eigenvalue weighted by molar-refractivity contribution is 7.45. The molecule has 0 heterocycles. The van der Waals surface area contributed by atoms with Crippen molar-refractivity contribution in [2.24, 2.45) is 11.8 Å². The Morgan fingerprint density at radius 3 is 2.19 bits per heavy atom. The average Bonchev–Trinajstić information content (AvgIpc) is 3.44. The first-order valence-corrected chi connectivity index (χ1v) is 23.6. The van der Waals surface area contributed by atoms with Crippen molar-refractivity contribution in [3.8, 4) is 0 Å². The van der Waals surface area contributed by atoms with Gasteiger partial charge in [0.15, 0.2) is 6.10 Å². The highest BCUT2D eigenvalue weighted by Crippen LogP contribution is 2.38. The molecule has 13 heteroatoms. The summed E-state index contributed by atoms with van der Waals surface area (Å²) in [5.74, 6) is -1.78. The molecule has 0 aromatic rings. The zero-order valence-electron chi connectivity index (χ0n) is 36.9. The molecule has 12 nitrogen and oxygen atoms in total. The predicted octanol–water partition coefficient (Wildman–Crippen LogP) is 8.42. The molecule has 1 unspecified atom stereocenters. The number of allylic oxidation sites excluding steroid dienone is 8. The van der Waals surface area contributed by atoms with Gasteiger partial charge in [-0.1, -0.05) is 113 Å². The number of quaternary nitrogens is 1. The number of phosphoric ester groups is 1. The Labute approximate surface area is 356 Å². The van der Waals surface area contributed by atoms with E-state index in [9.17, 15) is 34.1 Å². The van der Waals surface area contributed by atoms with Gasteiger partial charge in [-0.3, -0.25) is 18.9 Å². The fraction of sp³-hybridized carbons (Fsp3) is 0.717. The van der Waals surface area contributed by atoms with E-state index in [0.29, 0.717) is 43.1 Å². The molecule has 1 rings (SSSR count). The lowest BCUT2D eigenvalue weighted by Gasteiger charge is -2.28. The van der Waals surface area contributed by atoms with Gasteiger partial charge in [-0.05, 0) is 64.2 Å². The maximum atomic E-state index is 12.7. The molecule has 1 aliphatic carbocycles. The van der Waals surface area contributed by atoms with Gasteiger partial charge in [0.05, 0.1) is 40.0 Å². The van der Waals surface area contributed by atoms with E-state index in [-0.39, 0.29) is 50.1 Å². The third-order valence-corrected chi connectivity index (χ3v) is 10.9. The van der Waals surface area contributed by atoms with E-state index >= 15 is 0 Å². The number of carbonyl (C=O) groups is 3. The van der Waals surface area contributed by atoms with Gasteiger partial charge in [-0.15, -0.1) is 0 Å². The number of aliphatic hydroxyl groups is 2. The molecule has 0 aromatic carbocycles. The van der Waals surface area contributed by atoms with Crippen molar-refractivity contribution in [3.63, 3.8) is 0 Å². The van der Waals surface area contributed by atoms with E-state index in [4.69, 9.17) is 18.5 Å². The number of aliphatic hydroxyl groups excluding tert-OH is 2. The minimum Gasteiger partial charge on any atom is -0.756 e. The SMILES string of the molecule is CC/C=C\C/C=C\C/C=C\CCCCCCCC(=O)O[C@H](COC(=O)CCC/C=C\C[C@H]1C(=O)C[C@@H](O)[C@@H]1/C=C/[C@@H](O)CCCCC)COP(=O)([O-])OCC[N+](C)(C)C. The number of nitrogens with zero attached hydrogens (tertiary/aromatic N) is 1. The van der Waals surface area contributed by atoms with Crippen LogP contribution in [0.4, 0.5) is 0 Å². The normalized spacial score (nSPS) is 19.8. The second-order valence-corrected chi connectivity index (χ2v) is 17.9. The summed E-state index contributed by atoms with van der Waals surface area (Å²) in [5, 5.41) is 20.7. The van der Waals surface area contributed by atoms with E-state index in [1.54, 1.807) is 12.2 Å². The van der Waals surface area contributed by atoms with Crippen LogP contribution < -0.4 is 4.89 Å². The summed E-state index contributed by atoms with van der Waals surface area (Å²) in [6.07, 6.45) is 31.9. The van der Waals surface area contributed by atoms with Gasteiger partial charge in [-0.2, -0.15) is 0 Å². The molecule has 338 valence electrons. The summed E-state index contributed by atoms with van der Waals surface area (Å²) < 4.78 is 33.8. The Kier molecular flexibility index (Phi) is 30.4. The molecule has 0 aromatic heterocycles. The number of Topliss-reactive ketones (excluding diaryl/α,β-unsaturated/α-hetero) is 1. The first kappa shape index (κ1) is 54.3. The number of unbranched alkanes of at least 4 members (excludes halogenated alkanes) is 8. The van der Waals surface area contributed by atoms with E-state index in [1.165, 1.54) is 0 Å². The highest BCUT2D eigenvalue weighted by atomic mass is 31.2. The average molecular weight is 852 g/mol. The number of likely N-dealkylation sites (N-methyl/N-ethyl adjacent to an activating group) is 1. The van der Waals surface area contributed by atoms with Crippen molar-refractivity contribution >= 4 is 25.5 Å². The van der Waals surface area contributed by atoms with Crippen LogP contribution in [0, 0.1) is 11.8 Å². The van der Waals surface area contributed by atoms with Crippen LogP contribution in [0.15, 0.2) is 60.8 Å². The zero-order valence-corrected chi connectivity index (χ0v) is 37.8. The lowest BCUT2D eigenvalue weighted by molar-refractivity contribution is -0.870. The Hall–Kier alpha value is -2.70. The summed E-state index contributed by atoms with van der Waals surface area (Å²) in [5.41, 5.74) is 0. The molecular weight excluding hydrogens is 773 g/mol. The number of esters is 2. The topological polar surface area (TPSA) is 169 Å². The number of ketones is 1. The number of hydrogen-bond donors (Lipinski definition) is 2. The number of hydrogen-bond acceptors (Lipinski definition) is 11. The van der Waals surface area contributed by atoms with Crippen LogP contribution in [0.3, 0.4) is 0 Å². The van der Waals surface area contributed by atoms with Gasteiger partial charge >= 0.3 is 11.9 Å². The minimum absolute atomic E-state index is 0.00572. The monoisotopic (exact) mass is 852 g/mol. The van der Waals surface area contributed by atoms with Gasteiger partial charge in [0.2, 0.25) is 0 Å². The van der Waals surface area contributed by atoms with Gasteiger partial charge in [0.1, 0.15) is 25.5 Å². The maximum Gasteiger partial charge on any atom is 0.306 e. The van der Waals surface area contributed by atoms with E-state index in [1.807, 2.05) is 33.3 Å². The van der Waals surface area contributed by atoms with Crippen LogP contribution in [0.1, 0.15) is 136 Å². The lowest BCUT2D eigenvalue weighted by atomic mass is 9.90. The molecular formula is C46H78NO11P. The van der Waals surface area contributed by atoms with Crippen LogP contribution in [0.5, 0.6) is 0 Å². The van der Waals surface area contributed by atoms with Gasteiger partial charge in [0.25, 0.3) is 7.82 Å². The number of ether oxygens (including phenoxy) is 2. The number of phosphoric acid groups is 1. The highest BCUT2D eigenvalue weighted by Gasteiger charge is 2.39. The molecule has 1 saturated carbocycles. The minimum atomic E-state index is -4.70. The number of carbonyl (C=O) groups excluding carboxylic acids is 3. The number of rotatable bonds is 35. The van der Waals surface area contributed by atoms with Crippen LogP contribution >= 0.6 is 7.82 Å². The van der Waals surface area contributed by atoms with Gasteiger partial charge < -0.3 is 38.1 Å². The van der Waals surface area contributed by atoms with Crippen LogP contribution in [-0.4, -0.2) is 98.2 Å². The molecule has 0 amide bonds. The largest absolute Gasteiger partial charge is 0.756 e. The van der Waals surface area contributed by atoms with Crippen molar-refractivity contribution in [1.82, 2.24) is 0 Å². The smallest absolute Gasteiger partial charge is 0.306 e. The maximum absolute atomic E-state index is 12.7. The van der Waals surface area contributed by atoms with Crippen molar-refractivity contribution in [1.29, 1.82) is 0 Å². The Morgan fingerprint density at radius 1 is 0.831 bits per heavy atom. The summed E-state index contributed by atoms with van der Waals surface area (Å²) >= 11 is 0. The van der Waals surface area contributed by atoms with Crippen LogP contribution in [-0.2, 0) is 37.5 Å². The summed E-state index contributed by atoms with van der Waals surface area (Å²) in [7, 11) is 0.995. The van der Waals surface area contributed by atoms with Crippen LogP contribution in [0.25, 0.3) is 0 Å². The third kappa shape index (κ3) is 30.1. The second-order valence-electron chi connectivity index (χ2n) is 16.5. The first-order valence-electron chi connectivity index (χ1n) is 22.1. The molecule has 0 aliphatic heterocycles. The molecule has 6 atom stereocenters. The summed E-state index contributed by atoms with van der Waals surface area (Å²) in [6, 6.07) is 0. The Bertz CT molecular complexity index is 1350. The molecule has 1 aliphatic rings. The molecule has 59 heavy (non-hydrogen) atoms. The van der Waals surface area contributed by atoms with Crippen molar-refractivity contribution in [3.05, 3.63) is 60.8 Å². The van der Waals surface area contributed by atoms with E-state index in [2.05, 4.69) is 50.3 Å². The zero-order chi connectivity index (χ0) is 43.8. The lowest BCUT2D eigenvalue weighted by Crippen LogP contribution is -2.37. The van der Waals surface area contributed by atoms with E-state index in [0.717, 1.165) is 70.6 Å². The summed E-state index contributed by atoms with van der Waals surface area (Å²) in [4.78, 5) is 50.3. The van der Waals surface area contributed by atoms with Gasteiger partial charge in [-0.25, -0.2) is 0 Å². The Morgan fingerprint density at radius 2 is 1.47 bits per heavy atom. The standard InChI is InChI=1S/C46H78NO11P/c1-6-8-10-11-12-13-14-15-16-17-18-19-20-21-27-31-46(52)58-40(38-57-59(53,54)56-35-34-47(3,4)5)37-55-45(51)30-26-23-22-25-29-41-42(44(50)36-43(41)49)33-32-39(48)28-24-9-7-2/h8,10,12-13,15-16,22,25,32-33,39-42,44,48,50H,6-7,9,11,14,17-21,23-24,26-31,34-38H2,1-5H3/b10-8-,13-12-,16-15-,25-22-,33-32+/t39-,40+,41+,42+,44+/m0/s1. The molecule has 0 spiro atoms. The quantitative estimate of drug-likeness (QED) is 0.0206. The fourth-order valence-corrected chi connectivity index (χ4v) is 7.08. The van der Waals surface area contributed by atoms with Gasteiger partial charge in [0, 0.05) is 31.1 Å². The third-order valence-electron chi connectivity index (χ3n) is 9.89. The van der Waals surface area contributed by atoms with Crippen molar-refractivity contribution in [2.75, 3.05) is 47.5 Å². The molecule has 2 N–H and O–H groups in total. The molecule has 0 bridgehead atoms. The summed E-state index contributed by atoms with van der Waals surface area (Å²) in [6.45, 7) is 3.66. The van der Waals surface area contributed by atoms with Crippen molar-refractivity contribution in [2.45, 2.75) is 154 Å². The van der Waals surface area contributed by atoms with Crippen LogP contribution in [0.2, 0.25) is 0 Å². The fourth-order valence-electron chi connectivity index (χ4n) is 6.35. The van der Waals surface area contributed by atoms with E-state index < -0.39 is 44.7 Å². The molecule has 0 saturated heterocycles. The van der Waals surface area contributed by atoms with Crippen molar-refractivity contribution < 1.29 is 57.1 Å². The molecule has 1 fully saturated rings. The first-order chi connectivity index (χ1) is 28.2. The Balaban J connectivity index is 2.52.